The van der Waals surface area contributed by atoms with Crippen molar-refractivity contribution in [1.29, 1.82) is 0 Å². The number of carbonyl (C=O) groups is 2. The minimum absolute atomic E-state index is 0.0836. The summed E-state index contributed by atoms with van der Waals surface area (Å²) in [6.45, 7) is 5.93. The number of ether oxygens (including phenoxy) is 3. The van der Waals surface area contributed by atoms with Gasteiger partial charge in [0.1, 0.15) is 12.2 Å². The Morgan fingerprint density at radius 3 is 2.53 bits per heavy atom. The highest BCUT2D eigenvalue weighted by molar-refractivity contribution is 5.68. The number of nitrogens with one attached hydrogen (secondary N) is 1. The van der Waals surface area contributed by atoms with Crippen LogP contribution in [0.3, 0.4) is 0 Å². The molecule has 7 nitrogen and oxygen atoms in total. The summed E-state index contributed by atoms with van der Waals surface area (Å²) >= 11 is 0. The van der Waals surface area contributed by atoms with Crippen molar-refractivity contribution in [2.45, 2.75) is 51.4 Å². The molecule has 1 saturated heterocycles. The summed E-state index contributed by atoms with van der Waals surface area (Å²) < 4.78 is 15.3. The monoisotopic (exact) mass is 274 g/mol. The van der Waals surface area contributed by atoms with Gasteiger partial charge in [-0.2, -0.15) is 0 Å². The smallest absolute Gasteiger partial charge is 0.407 e. The minimum Gasteiger partial charge on any atom is -0.447 e. The van der Waals surface area contributed by atoms with Crippen molar-refractivity contribution in [3.63, 3.8) is 0 Å². The first-order chi connectivity index (χ1) is 8.76. The summed E-state index contributed by atoms with van der Waals surface area (Å²) in [4.78, 5) is 22.0. The second-order valence-corrected chi connectivity index (χ2v) is 5.51. The van der Waals surface area contributed by atoms with Gasteiger partial charge in [-0.25, -0.2) is 9.59 Å². The summed E-state index contributed by atoms with van der Waals surface area (Å²) in [6, 6.07) is -0.0836. The Hall–Kier alpha value is -1.50. The number of amides is 2. The molecule has 19 heavy (non-hydrogen) atoms. The molecule has 0 spiro atoms. The lowest BCUT2D eigenvalue weighted by Crippen LogP contribution is -2.45. The predicted octanol–water partition coefficient (Wildman–Crippen LogP) is 1.15. The van der Waals surface area contributed by atoms with E-state index in [0.717, 1.165) is 6.42 Å². The zero-order chi connectivity index (χ0) is 14.5. The molecule has 7 heteroatoms. The highest BCUT2D eigenvalue weighted by Gasteiger charge is 2.25. The van der Waals surface area contributed by atoms with Gasteiger partial charge in [-0.1, -0.05) is 0 Å². The number of alkyl carbamates (subject to hydrolysis) is 1. The Kier molecular flexibility index (Phi) is 5.41. The topological polar surface area (TPSA) is 99.9 Å². The summed E-state index contributed by atoms with van der Waals surface area (Å²) in [5.74, 6) is 0. The third kappa shape index (κ3) is 6.85. The van der Waals surface area contributed by atoms with Gasteiger partial charge in [-0.05, 0) is 33.6 Å². The van der Waals surface area contributed by atoms with Gasteiger partial charge in [-0.15, -0.1) is 0 Å². The van der Waals surface area contributed by atoms with Crippen molar-refractivity contribution in [3.05, 3.63) is 0 Å². The first-order valence-corrected chi connectivity index (χ1v) is 6.29. The van der Waals surface area contributed by atoms with Crippen molar-refractivity contribution in [1.82, 2.24) is 5.32 Å². The van der Waals surface area contributed by atoms with Crippen LogP contribution in [0, 0.1) is 0 Å². The van der Waals surface area contributed by atoms with Crippen molar-refractivity contribution in [2.75, 3.05) is 13.2 Å². The predicted molar refractivity (Wildman–Crippen MR) is 67.7 cm³/mol. The number of carbonyl (C=O) groups excluding carboxylic acids is 2. The Bertz CT molecular complexity index is 319. The quantitative estimate of drug-likeness (QED) is 0.804. The van der Waals surface area contributed by atoms with E-state index in [4.69, 9.17) is 15.2 Å². The Morgan fingerprint density at radius 1 is 1.37 bits per heavy atom. The molecule has 0 aromatic carbocycles. The molecule has 1 heterocycles. The van der Waals surface area contributed by atoms with Crippen LogP contribution in [0.4, 0.5) is 9.59 Å². The number of hydrogen-bond acceptors (Lipinski definition) is 5. The van der Waals surface area contributed by atoms with Crippen LogP contribution in [0.25, 0.3) is 0 Å². The van der Waals surface area contributed by atoms with Gasteiger partial charge in [-0.3, -0.25) is 0 Å². The molecule has 0 aliphatic carbocycles. The number of primary amides is 1. The second-order valence-electron chi connectivity index (χ2n) is 5.51. The van der Waals surface area contributed by atoms with E-state index in [-0.39, 0.29) is 18.8 Å². The van der Waals surface area contributed by atoms with Crippen molar-refractivity contribution < 1.29 is 23.8 Å². The lowest BCUT2D eigenvalue weighted by Gasteiger charge is -2.30. The van der Waals surface area contributed by atoms with E-state index in [2.05, 4.69) is 10.1 Å². The van der Waals surface area contributed by atoms with Gasteiger partial charge in [0.2, 0.25) is 0 Å². The summed E-state index contributed by atoms with van der Waals surface area (Å²) in [5, 5.41) is 2.74. The first kappa shape index (κ1) is 15.6. The van der Waals surface area contributed by atoms with E-state index in [1.807, 2.05) is 0 Å². The van der Waals surface area contributed by atoms with Crippen LogP contribution >= 0.6 is 0 Å². The summed E-state index contributed by atoms with van der Waals surface area (Å²) in [5.41, 5.74) is 4.35. The zero-order valence-electron chi connectivity index (χ0n) is 11.6. The van der Waals surface area contributed by atoms with Gasteiger partial charge in [0.15, 0.2) is 0 Å². The molecule has 3 N–H and O–H groups in total. The van der Waals surface area contributed by atoms with Crippen molar-refractivity contribution in [3.8, 4) is 0 Å². The lowest BCUT2D eigenvalue weighted by molar-refractivity contribution is -0.0361. The van der Waals surface area contributed by atoms with Crippen molar-refractivity contribution >= 4 is 12.2 Å². The van der Waals surface area contributed by atoms with Crippen LogP contribution in [-0.2, 0) is 14.2 Å². The molecule has 1 rings (SSSR count). The van der Waals surface area contributed by atoms with E-state index < -0.39 is 17.8 Å². The molecule has 2 atom stereocenters. The fourth-order valence-corrected chi connectivity index (χ4v) is 1.70. The van der Waals surface area contributed by atoms with E-state index in [0.29, 0.717) is 13.0 Å². The zero-order valence-corrected chi connectivity index (χ0v) is 11.6. The number of rotatable bonds is 3. The highest BCUT2D eigenvalue weighted by Crippen LogP contribution is 2.15. The average molecular weight is 274 g/mol. The highest BCUT2D eigenvalue weighted by atomic mass is 16.6. The molecule has 0 aromatic rings. The van der Waals surface area contributed by atoms with E-state index in [1.54, 1.807) is 20.8 Å². The average Bonchev–Trinajstić information content (AvgIpc) is 2.25. The summed E-state index contributed by atoms with van der Waals surface area (Å²) in [6.07, 6.45) is 0.00878. The standard InChI is InChI=1S/C12H22N2O5/c1-12(2,3)19-11(16)14-8-4-5-9(17-6-8)7-18-10(13)15/h8-9H,4-7H2,1-3H3,(H2,13,15)(H,14,16)/t8-,9+/m1/s1. The molecule has 0 bridgehead atoms. The molecule has 2 amide bonds. The first-order valence-electron chi connectivity index (χ1n) is 6.29. The van der Waals surface area contributed by atoms with Crippen LogP contribution in [0.2, 0.25) is 0 Å². The second kappa shape index (κ2) is 6.60. The Balaban J connectivity index is 2.23. The molecular formula is C12H22N2O5. The SMILES string of the molecule is CC(C)(C)OC(=O)N[C@@H]1CC[C@@H](COC(N)=O)OC1. The Labute approximate surface area is 112 Å². The van der Waals surface area contributed by atoms with E-state index in [9.17, 15) is 9.59 Å². The fourth-order valence-electron chi connectivity index (χ4n) is 1.70. The number of hydrogen-bond donors (Lipinski definition) is 2. The van der Waals surface area contributed by atoms with Crippen LogP contribution < -0.4 is 11.1 Å². The molecule has 0 saturated carbocycles. The fraction of sp³-hybridized carbons (Fsp3) is 0.833. The molecule has 1 aliphatic rings. The molecule has 0 radical (unpaired) electrons. The molecule has 0 unspecified atom stereocenters. The Morgan fingerprint density at radius 2 is 2.05 bits per heavy atom. The van der Waals surface area contributed by atoms with E-state index in [1.165, 1.54) is 0 Å². The molecule has 1 fully saturated rings. The van der Waals surface area contributed by atoms with Gasteiger partial charge >= 0.3 is 12.2 Å². The van der Waals surface area contributed by atoms with E-state index >= 15 is 0 Å². The van der Waals surface area contributed by atoms with Crippen LogP contribution in [0.5, 0.6) is 0 Å². The minimum atomic E-state index is -0.808. The molecular weight excluding hydrogens is 252 g/mol. The van der Waals surface area contributed by atoms with Gasteiger partial charge < -0.3 is 25.3 Å². The maximum Gasteiger partial charge on any atom is 0.407 e. The molecule has 110 valence electrons. The third-order valence-electron chi connectivity index (χ3n) is 2.50. The normalized spacial score (nSPS) is 23.5. The van der Waals surface area contributed by atoms with Gasteiger partial charge in [0.25, 0.3) is 0 Å². The third-order valence-corrected chi connectivity index (χ3v) is 2.50. The maximum absolute atomic E-state index is 11.5. The van der Waals surface area contributed by atoms with Crippen LogP contribution in [0.15, 0.2) is 0 Å². The molecule has 1 aliphatic heterocycles. The lowest BCUT2D eigenvalue weighted by atomic mass is 10.1. The van der Waals surface area contributed by atoms with Gasteiger partial charge in [0, 0.05) is 0 Å². The van der Waals surface area contributed by atoms with Crippen LogP contribution in [-0.4, -0.2) is 43.1 Å². The molecule has 0 aromatic heterocycles. The largest absolute Gasteiger partial charge is 0.447 e. The number of nitrogens with two attached hydrogens (primary N) is 1. The summed E-state index contributed by atoms with van der Waals surface area (Å²) in [7, 11) is 0. The van der Waals surface area contributed by atoms with Crippen molar-refractivity contribution in [2.24, 2.45) is 5.73 Å². The maximum atomic E-state index is 11.5. The van der Waals surface area contributed by atoms with Crippen LogP contribution in [0.1, 0.15) is 33.6 Å². The van der Waals surface area contributed by atoms with Gasteiger partial charge in [0.05, 0.1) is 18.8 Å².